The van der Waals surface area contributed by atoms with Crippen LogP contribution < -0.4 is 5.32 Å². The minimum Gasteiger partial charge on any atom is -0.505 e. The molecule has 0 aliphatic rings. The van der Waals surface area contributed by atoms with Crippen LogP contribution in [0.2, 0.25) is 5.02 Å². The Hall–Kier alpha value is -1.13. The van der Waals surface area contributed by atoms with Crippen molar-refractivity contribution in [1.29, 1.82) is 0 Å². The Kier molecular flexibility index (Phi) is 4.89. The molecule has 0 atom stereocenters. The molecule has 0 fully saturated rings. The van der Waals surface area contributed by atoms with E-state index in [2.05, 4.69) is 26.2 Å². The first-order valence-corrected chi connectivity index (χ1v) is 7.73. The predicted octanol–water partition coefficient (Wildman–Crippen LogP) is 2.78. The fourth-order valence-electron chi connectivity index (χ4n) is 1.70. The molecule has 0 spiro atoms. The number of nitrogens with one attached hydrogen (secondary N) is 1. The molecule has 2 rings (SSSR count). The minimum atomic E-state index is -1.19. The van der Waals surface area contributed by atoms with Crippen LogP contribution in [0.4, 0.5) is 0 Å². The maximum absolute atomic E-state index is 11.9. The topological polar surface area (TPSA) is 99.5 Å². The number of halogens is 3. The highest BCUT2D eigenvalue weighted by atomic mass is 127. The number of carboxylic acids is 1. The number of pyridine rings is 1. The highest BCUT2D eigenvalue weighted by molar-refractivity contribution is 14.1. The van der Waals surface area contributed by atoms with Gasteiger partial charge in [-0.2, -0.15) is 0 Å². The Morgan fingerprint density at radius 2 is 2.10 bits per heavy atom. The van der Waals surface area contributed by atoms with E-state index in [1.807, 2.05) is 22.6 Å². The summed E-state index contributed by atoms with van der Waals surface area (Å²) in [6.07, 6.45) is 0. The number of aromatic hydroxyl groups is 1. The molecule has 1 amide bonds. The van der Waals surface area contributed by atoms with Crippen LogP contribution in [-0.4, -0.2) is 33.6 Å². The molecule has 0 saturated heterocycles. The standard InChI is InChI=1S/C12H7BrClIN2O4/c13-11-5-1-4(14)2-6(15)8(5)10(20)9(17-11)12(21)16-3-7(18)19/h1-2,20H,3H2,(H,16,21)(H,18,19). The van der Waals surface area contributed by atoms with Crippen LogP contribution in [0.15, 0.2) is 16.7 Å². The number of hydrogen-bond acceptors (Lipinski definition) is 4. The summed E-state index contributed by atoms with van der Waals surface area (Å²) in [6, 6.07) is 3.24. The highest BCUT2D eigenvalue weighted by Gasteiger charge is 2.20. The zero-order chi connectivity index (χ0) is 15.7. The highest BCUT2D eigenvalue weighted by Crippen LogP contribution is 2.37. The summed E-state index contributed by atoms with van der Waals surface area (Å²) in [5.41, 5.74) is -0.254. The first-order valence-electron chi connectivity index (χ1n) is 5.48. The average molecular weight is 485 g/mol. The van der Waals surface area contributed by atoms with Gasteiger partial charge in [-0.05, 0) is 50.7 Å². The second kappa shape index (κ2) is 6.32. The molecule has 6 nitrogen and oxygen atoms in total. The normalized spacial score (nSPS) is 10.6. The number of rotatable bonds is 3. The molecule has 3 N–H and O–H groups in total. The molecular formula is C12H7BrClIN2O4. The van der Waals surface area contributed by atoms with Gasteiger partial charge in [-0.15, -0.1) is 0 Å². The van der Waals surface area contributed by atoms with Crippen molar-refractivity contribution in [1.82, 2.24) is 10.3 Å². The number of carbonyl (C=O) groups is 2. The Morgan fingerprint density at radius 1 is 1.43 bits per heavy atom. The van der Waals surface area contributed by atoms with Crippen LogP contribution in [0.5, 0.6) is 5.75 Å². The first-order chi connectivity index (χ1) is 9.81. The van der Waals surface area contributed by atoms with Crippen molar-refractivity contribution in [3.63, 3.8) is 0 Å². The number of carboxylic acid groups (broad SMARTS) is 1. The summed E-state index contributed by atoms with van der Waals surface area (Å²) in [5.74, 6) is -2.29. The summed E-state index contributed by atoms with van der Waals surface area (Å²) in [5, 5.41) is 22.4. The van der Waals surface area contributed by atoms with Crippen molar-refractivity contribution in [2.24, 2.45) is 0 Å². The van der Waals surface area contributed by atoms with Gasteiger partial charge in [0.25, 0.3) is 5.91 Å². The maximum Gasteiger partial charge on any atom is 0.322 e. The molecule has 9 heteroatoms. The third-order valence-electron chi connectivity index (χ3n) is 2.56. The van der Waals surface area contributed by atoms with Gasteiger partial charge in [0.05, 0.1) is 0 Å². The Balaban J connectivity index is 2.60. The first kappa shape index (κ1) is 16.2. The van der Waals surface area contributed by atoms with Gasteiger partial charge in [-0.3, -0.25) is 9.59 Å². The molecule has 0 unspecified atom stereocenters. The molecule has 0 aliphatic carbocycles. The summed E-state index contributed by atoms with van der Waals surface area (Å²) in [4.78, 5) is 26.3. The van der Waals surface area contributed by atoms with Crippen LogP contribution in [0.1, 0.15) is 10.5 Å². The van der Waals surface area contributed by atoms with E-state index in [4.69, 9.17) is 16.7 Å². The van der Waals surface area contributed by atoms with E-state index in [-0.39, 0.29) is 11.4 Å². The fourth-order valence-corrected chi connectivity index (χ4v) is 3.48. The van der Waals surface area contributed by atoms with Gasteiger partial charge in [0.2, 0.25) is 0 Å². The van der Waals surface area contributed by atoms with Gasteiger partial charge in [0.15, 0.2) is 11.4 Å². The SMILES string of the molecule is O=C(O)CNC(=O)c1nc(Br)c2cc(Cl)cc(I)c2c1O. The van der Waals surface area contributed by atoms with Crippen molar-refractivity contribution < 1.29 is 19.8 Å². The summed E-state index contributed by atoms with van der Waals surface area (Å²) < 4.78 is 0.971. The fraction of sp³-hybridized carbons (Fsp3) is 0.0833. The maximum atomic E-state index is 11.9. The summed E-state index contributed by atoms with van der Waals surface area (Å²) in [6.45, 7) is -0.562. The molecule has 1 aromatic heterocycles. The molecule has 1 heterocycles. The second-order valence-corrected chi connectivity index (χ2v) is 6.34. The molecule has 0 aliphatic heterocycles. The van der Waals surface area contributed by atoms with E-state index < -0.39 is 18.4 Å². The van der Waals surface area contributed by atoms with Crippen molar-refractivity contribution in [2.45, 2.75) is 0 Å². The summed E-state index contributed by atoms with van der Waals surface area (Å²) >= 11 is 11.2. The largest absolute Gasteiger partial charge is 0.505 e. The van der Waals surface area contributed by atoms with Gasteiger partial charge in [0, 0.05) is 19.4 Å². The lowest BCUT2D eigenvalue weighted by atomic mass is 10.1. The number of aliphatic carboxylic acids is 1. The Bertz CT molecular complexity index is 769. The van der Waals surface area contributed by atoms with Crippen LogP contribution >= 0.6 is 50.1 Å². The van der Waals surface area contributed by atoms with Crippen molar-refractivity contribution in [2.75, 3.05) is 6.54 Å². The summed E-state index contributed by atoms with van der Waals surface area (Å²) in [7, 11) is 0. The van der Waals surface area contributed by atoms with Gasteiger partial charge in [0.1, 0.15) is 11.1 Å². The second-order valence-electron chi connectivity index (χ2n) is 3.99. The monoisotopic (exact) mass is 484 g/mol. The van der Waals surface area contributed by atoms with Gasteiger partial charge < -0.3 is 15.5 Å². The molecular weight excluding hydrogens is 478 g/mol. The number of fused-ring (bicyclic) bond motifs is 1. The van der Waals surface area contributed by atoms with E-state index >= 15 is 0 Å². The van der Waals surface area contributed by atoms with E-state index in [1.54, 1.807) is 12.1 Å². The van der Waals surface area contributed by atoms with E-state index in [1.165, 1.54) is 0 Å². The zero-order valence-corrected chi connectivity index (χ0v) is 14.7. The van der Waals surface area contributed by atoms with E-state index in [0.717, 1.165) is 0 Å². The smallest absolute Gasteiger partial charge is 0.322 e. The number of carbonyl (C=O) groups excluding carboxylic acids is 1. The van der Waals surface area contributed by atoms with Gasteiger partial charge in [-0.1, -0.05) is 11.6 Å². The van der Waals surface area contributed by atoms with Gasteiger partial charge >= 0.3 is 5.97 Å². The molecule has 21 heavy (non-hydrogen) atoms. The lowest BCUT2D eigenvalue weighted by Gasteiger charge is -2.10. The van der Waals surface area contributed by atoms with Gasteiger partial charge in [-0.25, -0.2) is 4.98 Å². The van der Waals surface area contributed by atoms with Crippen LogP contribution in [0.3, 0.4) is 0 Å². The number of nitrogens with zero attached hydrogens (tertiary/aromatic N) is 1. The number of amides is 1. The molecule has 0 radical (unpaired) electrons. The third-order valence-corrected chi connectivity index (χ3v) is 4.24. The number of hydrogen-bond donors (Lipinski definition) is 3. The van der Waals surface area contributed by atoms with Crippen molar-refractivity contribution >= 4 is 72.8 Å². The van der Waals surface area contributed by atoms with Crippen molar-refractivity contribution in [3.8, 4) is 5.75 Å². The molecule has 1 aromatic carbocycles. The molecule has 2 aromatic rings. The molecule has 110 valence electrons. The van der Waals surface area contributed by atoms with Crippen molar-refractivity contribution in [3.05, 3.63) is 31.0 Å². The third kappa shape index (κ3) is 3.38. The molecule has 0 saturated carbocycles. The van der Waals surface area contributed by atoms with Crippen LogP contribution in [0, 0.1) is 3.57 Å². The van der Waals surface area contributed by atoms with Crippen LogP contribution in [0.25, 0.3) is 10.8 Å². The minimum absolute atomic E-state index is 0.254. The number of aromatic nitrogens is 1. The predicted molar refractivity (Wildman–Crippen MR) is 88.8 cm³/mol. The number of benzene rings is 1. The average Bonchev–Trinajstić information content (AvgIpc) is 2.39. The lowest BCUT2D eigenvalue weighted by Crippen LogP contribution is -2.30. The Labute approximate surface area is 145 Å². The zero-order valence-electron chi connectivity index (χ0n) is 10.2. The van der Waals surface area contributed by atoms with E-state index in [9.17, 15) is 14.7 Å². The quantitative estimate of drug-likeness (QED) is 0.459. The van der Waals surface area contributed by atoms with E-state index in [0.29, 0.717) is 24.0 Å². The Morgan fingerprint density at radius 3 is 2.71 bits per heavy atom. The van der Waals surface area contributed by atoms with Crippen LogP contribution in [-0.2, 0) is 4.79 Å². The lowest BCUT2D eigenvalue weighted by molar-refractivity contribution is -0.135. The molecule has 0 bridgehead atoms.